The number of halogens is 4. The van der Waals surface area contributed by atoms with E-state index in [0.717, 1.165) is 17.7 Å². The van der Waals surface area contributed by atoms with Gasteiger partial charge in [0, 0.05) is 25.2 Å². The quantitative estimate of drug-likeness (QED) is 0.846. The van der Waals surface area contributed by atoms with E-state index >= 15 is 0 Å². The monoisotopic (exact) mass is 356 g/mol. The van der Waals surface area contributed by atoms with E-state index in [1.165, 1.54) is 17.0 Å². The summed E-state index contributed by atoms with van der Waals surface area (Å²) in [6.45, 7) is 0.388. The standard InChI is InChI=1S/C17H16ClF3N2O/c1-23(11-12-5-7-15(18)8-6-12)16(24)22-10-13-3-2-4-14(9-13)17(19,20)21/h2-9H,10-11H2,1H3,(H,22,24). The van der Waals surface area contributed by atoms with E-state index in [0.29, 0.717) is 17.1 Å². The third kappa shape index (κ3) is 5.16. The Morgan fingerprint density at radius 2 is 1.79 bits per heavy atom. The molecule has 0 unspecified atom stereocenters. The van der Waals surface area contributed by atoms with Crippen molar-refractivity contribution in [3.8, 4) is 0 Å². The Morgan fingerprint density at radius 3 is 2.42 bits per heavy atom. The molecule has 2 aromatic carbocycles. The summed E-state index contributed by atoms with van der Waals surface area (Å²) >= 11 is 5.80. The van der Waals surface area contributed by atoms with Crippen LogP contribution in [0.5, 0.6) is 0 Å². The highest BCUT2D eigenvalue weighted by Crippen LogP contribution is 2.29. The van der Waals surface area contributed by atoms with E-state index < -0.39 is 11.7 Å². The molecule has 0 aliphatic carbocycles. The van der Waals surface area contributed by atoms with Gasteiger partial charge in [-0.1, -0.05) is 35.9 Å². The van der Waals surface area contributed by atoms with Crippen molar-refractivity contribution in [2.75, 3.05) is 7.05 Å². The highest BCUT2D eigenvalue weighted by atomic mass is 35.5. The molecule has 0 atom stereocenters. The van der Waals surface area contributed by atoms with E-state index in [9.17, 15) is 18.0 Å². The number of amides is 2. The van der Waals surface area contributed by atoms with Crippen molar-refractivity contribution in [1.82, 2.24) is 10.2 Å². The number of hydrogen-bond acceptors (Lipinski definition) is 1. The largest absolute Gasteiger partial charge is 0.416 e. The van der Waals surface area contributed by atoms with Gasteiger partial charge in [0.05, 0.1) is 5.56 Å². The molecule has 0 aliphatic rings. The highest BCUT2D eigenvalue weighted by Gasteiger charge is 2.30. The maximum atomic E-state index is 12.7. The van der Waals surface area contributed by atoms with E-state index in [1.807, 2.05) is 0 Å². The first-order valence-corrected chi connectivity index (χ1v) is 7.53. The van der Waals surface area contributed by atoms with Gasteiger partial charge >= 0.3 is 12.2 Å². The number of nitrogens with one attached hydrogen (secondary N) is 1. The molecular formula is C17H16ClF3N2O. The van der Waals surface area contributed by atoms with Gasteiger partial charge < -0.3 is 10.2 Å². The van der Waals surface area contributed by atoms with Gasteiger partial charge in [-0.2, -0.15) is 13.2 Å². The summed E-state index contributed by atoms with van der Waals surface area (Å²) in [5.74, 6) is 0. The molecule has 0 heterocycles. The first kappa shape index (κ1) is 18.1. The average molecular weight is 357 g/mol. The van der Waals surface area contributed by atoms with Crippen molar-refractivity contribution in [3.63, 3.8) is 0 Å². The zero-order chi connectivity index (χ0) is 17.7. The predicted octanol–water partition coefficient (Wildman–Crippen LogP) is 4.70. The second-order valence-corrected chi connectivity index (χ2v) is 5.78. The Kier molecular flexibility index (Phi) is 5.72. The van der Waals surface area contributed by atoms with Gasteiger partial charge in [0.1, 0.15) is 0 Å². The van der Waals surface area contributed by atoms with Crippen molar-refractivity contribution in [2.24, 2.45) is 0 Å². The van der Waals surface area contributed by atoms with Gasteiger partial charge in [-0.25, -0.2) is 4.79 Å². The van der Waals surface area contributed by atoms with Gasteiger partial charge in [0.15, 0.2) is 0 Å². The van der Waals surface area contributed by atoms with E-state index in [1.54, 1.807) is 31.3 Å². The predicted molar refractivity (Wildman–Crippen MR) is 86.6 cm³/mol. The molecule has 0 saturated carbocycles. The molecule has 3 nitrogen and oxygen atoms in total. The molecule has 0 bridgehead atoms. The van der Waals surface area contributed by atoms with Crippen molar-refractivity contribution in [3.05, 3.63) is 70.2 Å². The van der Waals surface area contributed by atoms with Crippen molar-refractivity contribution in [1.29, 1.82) is 0 Å². The Hall–Kier alpha value is -2.21. The first-order valence-electron chi connectivity index (χ1n) is 7.15. The van der Waals surface area contributed by atoms with Crippen LogP contribution < -0.4 is 5.32 Å². The number of rotatable bonds is 4. The zero-order valence-electron chi connectivity index (χ0n) is 12.9. The van der Waals surface area contributed by atoms with E-state index in [-0.39, 0.29) is 12.6 Å². The van der Waals surface area contributed by atoms with Crippen LogP contribution in [0.15, 0.2) is 48.5 Å². The third-order valence-corrected chi connectivity index (χ3v) is 3.63. The average Bonchev–Trinajstić information content (AvgIpc) is 2.54. The van der Waals surface area contributed by atoms with Crippen LogP contribution in [-0.4, -0.2) is 18.0 Å². The minimum Gasteiger partial charge on any atom is -0.334 e. The number of nitrogens with zero attached hydrogens (tertiary/aromatic N) is 1. The van der Waals surface area contributed by atoms with Crippen LogP contribution in [0.1, 0.15) is 16.7 Å². The van der Waals surface area contributed by atoms with Gasteiger partial charge in [0.2, 0.25) is 0 Å². The summed E-state index contributed by atoms with van der Waals surface area (Å²) in [5, 5.41) is 3.21. The Balaban J connectivity index is 1.91. The highest BCUT2D eigenvalue weighted by molar-refractivity contribution is 6.30. The number of carbonyl (C=O) groups is 1. The van der Waals surface area contributed by atoms with Crippen LogP contribution in [-0.2, 0) is 19.3 Å². The Morgan fingerprint density at radius 1 is 1.12 bits per heavy atom. The first-order chi connectivity index (χ1) is 11.3. The van der Waals surface area contributed by atoms with Gasteiger partial charge in [-0.05, 0) is 35.4 Å². The van der Waals surface area contributed by atoms with Crippen molar-refractivity contribution in [2.45, 2.75) is 19.3 Å². The maximum Gasteiger partial charge on any atom is 0.416 e. The number of hydrogen-bond donors (Lipinski definition) is 1. The SMILES string of the molecule is CN(Cc1ccc(Cl)cc1)C(=O)NCc1cccc(C(F)(F)F)c1. The molecule has 2 amide bonds. The fourth-order valence-electron chi connectivity index (χ4n) is 2.11. The molecule has 0 aliphatic heterocycles. The van der Waals surface area contributed by atoms with E-state index in [4.69, 9.17) is 11.6 Å². The normalized spacial score (nSPS) is 11.2. The van der Waals surface area contributed by atoms with Gasteiger partial charge in [-0.3, -0.25) is 0 Å². The number of benzene rings is 2. The lowest BCUT2D eigenvalue weighted by atomic mass is 10.1. The minimum atomic E-state index is -4.40. The number of alkyl halides is 3. The van der Waals surface area contributed by atoms with Crippen LogP contribution in [0.3, 0.4) is 0 Å². The fraction of sp³-hybridized carbons (Fsp3) is 0.235. The van der Waals surface area contributed by atoms with E-state index in [2.05, 4.69) is 5.32 Å². The molecule has 128 valence electrons. The molecule has 0 spiro atoms. The summed E-state index contributed by atoms with van der Waals surface area (Å²) in [7, 11) is 1.61. The van der Waals surface area contributed by atoms with Crippen LogP contribution in [0.25, 0.3) is 0 Å². The number of urea groups is 1. The molecule has 7 heteroatoms. The second kappa shape index (κ2) is 7.57. The fourth-order valence-corrected chi connectivity index (χ4v) is 2.23. The molecule has 2 aromatic rings. The zero-order valence-corrected chi connectivity index (χ0v) is 13.7. The number of carbonyl (C=O) groups excluding carboxylic acids is 1. The summed E-state index contributed by atoms with van der Waals surface area (Å²) < 4.78 is 38.0. The van der Waals surface area contributed by atoms with Crippen LogP contribution in [0, 0.1) is 0 Å². The van der Waals surface area contributed by atoms with Gasteiger partial charge in [-0.15, -0.1) is 0 Å². The Labute approximate surface area is 143 Å². The van der Waals surface area contributed by atoms with Crippen LogP contribution in [0.2, 0.25) is 5.02 Å². The molecule has 2 rings (SSSR count). The molecule has 0 fully saturated rings. The summed E-state index contributed by atoms with van der Waals surface area (Å²) in [4.78, 5) is 13.5. The van der Waals surface area contributed by atoms with Crippen LogP contribution >= 0.6 is 11.6 Å². The summed E-state index contributed by atoms with van der Waals surface area (Å²) in [6.07, 6.45) is -4.40. The van der Waals surface area contributed by atoms with Gasteiger partial charge in [0.25, 0.3) is 0 Å². The lowest BCUT2D eigenvalue weighted by Crippen LogP contribution is -2.36. The lowest BCUT2D eigenvalue weighted by molar-refractivity contribution is -0.137. The van der Waals surface area contributed by atoms with Crippen LogP contribution in [0.4, 0.5) is 18.0 Å². The molecule has 0 aromatic heterocycles. The summed E-state index contributed by atoms with van der Waals surface area (Å²) in [6, 6.07) is 11.6. The van der Waals surface area contributed by atoms with Crippen molar-refractivity contribution < 1.29 is 18.0 Å². The minimum absolute atomic E-state index is 0.0215. The third-order valence-electron chi connectivity index (χ3n) is 3.38. The smallest absolute Gasteiger partial charge is 0.334 e. The Bertz CT molecular complexity index is 702. The molecular weight excluding hydrogens is 341 g/mol. The molecule has 0 radical (unpaired) electrons. The molecule has 1 N–H and O–H groups in total. The maximum absolute atomic E-state index is 12.7. The lowest BCUT2D eigenvalue weighted by Gasteiger charge is -2.18. The summed E-state index contributed by atoms with van der Waals surface area (Å²) in [5.41, 5.74) is 0.554. The molecule has 24 heavy (non-hydrogen) atoms. The second-order valence-electron chi connectivity index (χ2n) is 5.34. The van der Waals surface area contributed by atoms with Crippen molar-refractivity contribution >= 4 is 17.6 Å². The topological polar surface area (TPSA) is 32.3 Å². The molecule has 0 saturated heterocycles.